The van der Waals surface area contributed by atoms with Gasteiger partial charge in [0.1, 0.15) is 27.7 Å². The van der Waals surface area contributed by atoms with Crippen molar-refractivity contribution in [1.29, 1.82) is 0 Å². The molecule has 0 aliphatic carbocycles. The Morgan fingerprint density at radius 1 is 1.00 bits per heavy atom. The lowest BCUT2D eigenvalue weighted by Gasteiger charge is -2.20. The summed E-state index contributed by atoms with van der Waals surface area (Å²) in [6.45, 7) is 2.28. The monoisotopic (exact) mass is 482 g/mol. The van der Waals surface area contributed by atoms with E-state index in [4.69, 9.17) is 4.74 Å². The summed E-state index contributed by atoms with van der Waals surface area (Å²) in [6.07, 6.45) is 0.161. The lowest BCUT2D eigenvalue weighted by Crippen LogP contribution is -2.45. The van der Waals surface area contributed by atoms with E-state index in [0.29, 0.717) is 23.6 Å². The number of benzene rings is 3. The van der Waals surface area contributed by atoms with Crippen molar-refractivity contribution < 1.29 is 17.9 Å². The highest BCUT2D eigenvalue weighted by Gasteiger charge is 2.28. The number of nitrogens with zero attached hydrogens (tertiary/aromatic N) is 2. The van der Waals surface area contributed by atoms with Crippen LogP contribution >= 0.6 is 11.7 Å². The fraction of sp³-hybridized carbons (Fsp3) is 0.174. The summed E-state index contributed by atoms with van der Waals surface area (Å²) in [6, 6.07) is 19.9. The Morgan fingerprint density at radius 3 is 2.55 bits per heavy atom. The molecule has 8 nitrogen and oxygen atoms in total. The van der Waals surface area contributed by atoms with Crippen molar-refractivity contribution in [2.24, 2.45) is 0 Å². The fourth-order valence-electron chi connectivity index (χ4n) is 3.36. The van der Waals surface area contributed by atoms with Crippen LogP contribution in [-0.2, 0) is 21.2 Å². The average molecular weight is 483 g/mol. The van der Waals surface area contributed by atoms with Crippen LogP contribution in [0, 0.1) is 0 Å². The Morgan fingerprint density at radius 2 is 1.76 bits per heavy atom. The van der Waals surface area contributed by atoms with Crippen molar-refractivity contribution >= 4 is 44.4 Å². The third-order valence-electron chi connectivity index (χ3n) is 4.88. The number of carbonyl (C=O) groups excluding carboxylic acids is 1. The van der Waals surface area contributed by atoms with E-state index in [1.807, 2.05) is 37.3 Å². The summed E-state index contributed by atoms with van der Waals surface area (Å²) < 4.78 is 42.9. The van der Waals surface area contributed by atoms with Crippen molar-refractivity contribution in [3.8, 4) is 5.75 Å². The van der Waals surface area contributed by atoms with Crippen molar-refractivity contribution in [2.75, 3.05) is 11.9 Å². The van der Waals surface area contributed by atoms with E-state index in [9.17, 15) is 13.2 Å². The predicted molar refractivity (Wildman–Crippen MR) is 128 cm³/mol. The zero-order valence-electron chi connectivity index (χ0n) is 17.8. The maximum atomic E-state index is 13.3. The first-order valence-electron chi connectivity index (χ1n) is 10.3. The second-order valence-electron chi connectivity index (χ2n) is 7.17. The molecule has 3 aromatic carbocycles. The summed E-state index contributed by atoms with van der Waals surface area (Å²) >= 11 is 0.934. The molecule has 4 rings (SSSR count). The first-order chi connectivity index (χ1) is 16.0. The van der Waals surface area contributed by atoms with E-state index >= 15 is 0 Å². The smallest absolute Gasteiger partial charge is 0.243 e. The van der Waals surface area contributed by atoms with Gasteiger partial charge in [-0.2, -0.15) is 13.5 Å². The first kappa shape index (κ1) is 22.8. The number of fused-ring (bicyclic) bond motifs is 1. The minimum Gasteiger partial charge on any atom is -0.492 e. The van der Waals surface area contributed by atoms with Crippen molar-refractivity contribution in [3.63, 3.8) is 0 Å². The number of amides is 1. The van der Waals surface area contributed by atoms with Crippen LogP contribution in [0.2, 0.25) is 0 Å². The molecule has 0 aliphatic heterocycles. The standard InChI is InChI=1S/C23H22N4O4S2/c1-2-31-20-13-7-6-11-17(20)24-23(28)19(15-16-9-4-3-5-10-16)27-33(29,30)21-14-8-12-18-22(21)26-32-25-18/h3-14,19,27H,2,15H2,1H3,(H,24,28)/t19-/m1/s1. The number of anilines is 1. The topological polar surface area (TPSA) is 110 Å². The van der Waals surface area contributed by atoms with Gasteiger partial charge < -0.3 is 10.1 Å². The van der Waals surface area contributed by atoms with Crippen molar-refractivity contribution in [3.05, 3.63) is 78.4 Å². The maximum absolute atomic E-state index is 13.3. The van der Waals surface area contributed by atoms with Crippen LogP contribution in [0.5, 0.6) is 5.75 Å². The highest BCUT2D eigenvalue weighted by Crippen LogP contribution is 2.25. The molecule has 0 saturated heterocycles. The van der Waals surface area contributed by atoms with Gasteiger partial charge in [0.2, 0.25) is 15.9 Å². The highest BCUT2D eigenvalue weighted by atomic mass is 32.2. The molecular weight excluding hydrogens is 460 g/mol. The molecule has 0 spiro atoms. The number of rotatable bonds is 9. The molecule has 0 fully saturated rings. The molecule has 2 N–H and O–H groups in total. The van der Waals surface area contributed by atoms with E-state index in [-0.39, 0.29) is 16.8 Å². The number of para-hydroxylation sites is 2. The molecule has 4 aromatic rings. The Hall–Kier alpha value is -3.34. The lowest BCUT2D eigenvalue weighted by atomic mass is 10.1. The van der Waals surface area contributed by atoms with Crippen LogP contribution in [-0.4, -0.2) is 35.7 Å². The van der Waals surface area contributed by atoms with Gasteiger partial charge in [0.15, 0.2) is 0 Å². The molecule has 1 heterocycles. The third-order valence-corrected chi connectivity index (χ3v) is 6.93. The summed E-state index contributed by atoms with van der Waals surface area (Å²) in [5, 5.41) is 2.81. The van der Waals surface area contributed by atoms with E-state index in [1.165, 1.54) is 6.07 Å². The minimum atomic E-state index is -4.07. The van der Waals surface area contributed by atoms with Crippen LogP contribution in [0.4, 0.5) is 5.69 Å². The summed E-state index contributed by atoms with van der Waals surface area (Å²) in [5.41, 5.74) is 2.03. The van der Waals surface area contributed by atoms with Gasteiger partial charge in [-0.05, 0) is 43.2 Å². The minimum absolute atomic E-state index is 0.0191. The zero-order chi connectivity index (χ0) is 23.3. The Bertz CT molecular complexity index is 1360. The van der Waals surface area contributed by atoms with Crippen LogP contribution in [0.25, 0.3) is 11.0 Å². The molecule has 0 aliphatic rings. The average Bonchev–Trinajstić information content (AvgIpc) is 3.29. The molecule has 1 amide bonds. The number of sulfonamides is 1. The second-order valence-corrected chi connectivity index (χ2v) is 9.38. The van der Waals surface area contributed by atoms with Crippen LogP contribution in [0.1, 0.15) is 12.5 Å². The number of carbonyl (C=O) groups is 1. The Balaban J connectivity index is 1.65. The highest BCUT2D eigenvalue weighted by molar-refractivity contribution is 7.89. The van der Waals surface area contributed by atoms with E-state index < -0.39 is 22.0 Å². The lowest BCUT2D eigenvalue weighted by molar-refractivity contribution is -0.117. The first-order valence-corrected chi connectivity index (χ1v) is 12.5. The predicted octanol–water partition coefficient (Wildman–Crippen LogP) is 3.62. The fourth-order valence-corrected chi connectivity index (χ4v) is 5.32. The molecule has 0 bridgehead atoms. The Kier molecular flexibility index (Phi) is 6.97. The van der Waals surface area contributed by atoms with Gasteiger partial charge in [0.05, 0.1) is 24.0 Å². The van der Waals surface area contributed by atoms with Gasteiger partial charge >= 0.3 is 0 Å². The van der Waals surface area contributed by atoms with Gasteiger partial charge in [0, 0.05) is 0 Å². The second kappa shape index (κ2) is 10.1. The molecule has 0 radical (unpaired) electrons. The number of hydrogen-bond donors (Lipinski definition) is 2. The van der Waals surface area contributed by atoms with Crippen molar-refractivity contribution in [1.82, 2.24) is 13.5 Å². The molecule has 0 unspecified atom stereocenters. The molecule has 1 atom stereocenters. The van der Waals surface area contributed by atoms with Gasteiger partial charge in [0.25, 0.3) is 0 Å². The third kappa shape index (κ3) is 5.36. The number of nitrogens with one attached hydrogen (secondary N) is 2. The normalized spacial score (nSPS) is 12.4. The molecule has 33 heavy (non-hydrogen) atoms. The van der Waals surface area contributed by atoms with E-state index in [2.05, 4.69) is 18.8 Å². The molecular formula is C23H22N4O4S2. The van der Waals surface area contributed by atoms with Crippen LogP contribution in [0.15, 0.2) is 77.7 Å². The maximum Gasteiger partial charge on any atom is 0.243 e. The van der Waals surface area contributed by atoms with E-state index in [0.717, 1.165) is 17.3 Å². The van der Waals surface area contributed by atoms with Gasteiger partial charge in [-0.3, -0.25) is 4.79 Å². The quantitative estimate of drug-likeness (QED) is 0.377. The van der Waals surface area contributed by atoms with E-state index in [1.54, 1.807) is 36.4 Å². The van der Waals surface area contributed by atoms with Gasteiger partial charge in [-0.25, -0.2) is 8.42 Å². The number of ether oxygens (including phenoxy) is 1. The zero-order valence-corrected chi connectivity index (χ0v) is 19.4. The largest absolute Gasteiger partial charge is 0.492 e. The molecule has 0 saturated carbocycles. The molecule has 1 aromatic heterocycles. The summed E-state index contributed by atoms with van der Waals surface area (Å²) in [5.74, 6) is 0.00569. The molecule has 170 valence electrons. The number of hydrogen-bond acceptors (Lipinski definition) is 7. The van der Waals surface area contributed by atoms with Crippen LogP contribution in [0.3, 0.4) is 0 Å². The van der Waals surface area contributed by atoms with Gasteiger partial charge in [-0.1, -0.05) is 48.5 Å². The summed E-state index contributed by atoms with van der Waals surface area (Å²) in [7, 11) is -4.07. The van der Waals surface area contributed by atoms with Crippen LogP contribution < -0.4 is 14.8 Å². The Labute approximate surface area is 196 Å². The van der Waals surface area contributed by atoms with Crippen molar-refractivity contribution in [2.45, 2.75) is 24.3 Å². The van der Waals surface area contributed by atoms with Gasteiger partial charge in [-0.15, -0.1) is 0 Å². The SMILES string of the molecule is CCOc1ccccc1NC(=O)[C@@H](Cc1ccccc1)NS(=O)(=O)c1cccc2nsnc12. The number of aromatic nitrogens is 2. The summed E-state index contributed by atoms with van der Waals surface area (Å²) in [4.78, 5) is 13.3. The molecule has 10 heteroatoms.